The van der Waals surface area contributed by atoms with Gasteiger partial charge in [0.1, 0.15) is 0 Å². The van der Waals surface area contributed by atoms with Crippen LogP contribution in [0.15, 0.2) is 18.7 Å². The van der Waals surface area contributed by atoms with Gasteiger partial charge in [-0.3, -0.25) is 0 Å². The third-order valence-electron chi connectivity index (χ3n) is 1.85. The average molecular weight is 338 g/mol. The third kappa shape index (κ3) is 6.62. The molecule has 1 rings (SSSR count). The number of hydrogen-bond acceptors (Lipinski definition) is 7. The fraction of sp³-hybridized carbons (Fsp3) is 0.400. The molecule has 2 unspecified atom stereocenters. The van der Waals surface area contributed by atoms with Crippen molar-refractivity contribution in [3.8, 4) is 0 Å². The summed E-state index contributed by atoms with van der Waals surface area (Å²) >= 11 is 0. The molecular weight excluding hydrogens is 331 g/mol. The van der Waals surface area contributed by atoms with Crippen LogP contribution in [0.3, 0.4) is 0 Å². The number of aromatic nitrogens is 2. The fourth-order valence-electron chi connectivity index (χ4n) is 0.956. The zero-order chi connectivity index (χ0) is 12.6. The van der Waals surface area contributed by atoms with Gasteiger partial charge >= 0.3 is 88.7 Å². The van der Waals surface area contributed by atoms with E-state index in [-0.39, 0.29) is 88.7 Å². The van der Waals surface area contributed by atoms with Crippen LogP contribution in [0.25, 0.3) is 0 Å². The molecule has 92 valence electrons. The summed E-state index contributed by atoms with van der Waals surface area (Å²) in [4.78, 5) is 44.2. The first-order valence-electron chi connectivity index (χ1n) is 3.82. The number of imidazole rings is 1. The molecule has 0 aliphatic rings. The van der Waals surface area contributed by atoms with Crippen molar-refractivity contribution in [3.63, 3.8) is 0 Å². The maximum atomic E-state index is 10.8. The number of nitrogens with zero attached hydrogens (tertiary/aromatic N) is 2. The molecule has 2 N–H and O–H groups in total. The van der Waals surface area contributed by atoms with Gasteiger partial charge < -0.3 is 38.4 Å². The van der Waals surface area contributed by atoms with E-state index >= 15 is 0 Å². The molecule has 1 aromatic rings. The van der Waals surface area contributed by atoms with Crippen LogP contribution >= 0.6 is 15.2 Å². The predicted octanol–water partition coefficient (Wildman–Crippen LogP) is -12.0. The van der Waals surface area contributed by atoms with Crippen molar-refractivity contribution in [1.82, 2.24) is 9.55 Å². The second-order valence-corrected chi connectivity index (χ2v) is 6.90. The molecule has 19 heavy (non-hydrogen) atoms. The molecule has 14 heteroatoms. The van der Waals surface area contributed by atoms with Crippen molar-refractivity contribution in [3.05, 3.63) is 18.7 Å². The van der Waals surface area contributed by atoms with Gasteiger partial charge in [0.05, 0.1) is 12.9 Å². The van der Waals surface area contributed by atoms with E-state index in [1.807, 2.05) is 0 Å². The van der Waals surface area contributed by atoms with Crippen LogP contribution in [0.5, 0.6) is 0 Å². The van der Waals surface area contributed by atoms with E-state index in [1.54, 1.807) is 0 Å². The van der Waals surface area contributed by atoms with Gasteiger partial charge in [-0.15, -0.1) is 0 Å². The molecule has 1 heterocycles. The van der Waals surface area contributed by atoms with Gasteiger partial charge in [0, 0.05) is 12.4 Å². The maximum absolute atomic E-state index is 10.8. The van der Waals surface area contributed by atoms with Crippen molar-refractivity contribution in [1.29, 1.82) is 0 Å². The minimum Gasteiger partial charge on any atom is -0.808 e. The Balaban J connectivity index is -0.000000853. The summed E-state index contributed by atoms with van der Waals surface area (Å²) in [6.45, 7) is -1.14. The van der Waals surface area contributed by atoms with Crippen molar-refractivity contribution < 1.29 is 122 Å². The predicted molar refractivity (Wildman–Crippen MR) is 44.6 cm³/mol. The molecule has 0 spiro atoms. The van der Waals surface area contributed by atoms with Gasteiger partial charge in [0.15, 0.2) is 12.7 Å². The first-order chi connectivity index (χ1) is 7.08. The molecule has 0 saturated heterocycles. The summed E-state index contributed by atoms with van der Waals surface area (Å²) < 4.78 is 22.3. The topological polar surface area (TPSA) is 162 Å². The second-order valence-electron chi connectivity index (χ2n) is 3.03. The molecule has 0 aromatic carbocycles. The molecule has 1 aromatic heterocycles. The Morgan fingerprint density at radius 2 is 1.68 bits per heavy atom. The Kier molecular flexibility index (Phi) is 13.3. The number of aliphatic hydroxyl groups is 1. The zero-order valence-corrected chi connectivity index (χ0v) is 18.5. The number of hydrogen-bond donors (Lipinski definition) is 2. The van der Waals surface area contributed by atoms with E-state index in [2.05, 4.69) is 4.98 Å². The molecule has 0 saturated carbocycles. The van der Waals surface area contributed by atoms with Crippen LogP contribution in [0.2, 0.25) is 0 Å². The fourth-order valence-corrected chi connectivity index (χ4v) is 2.87. The Bertz CT molecular complexity index is 435. The molecule has 0 amide bonds. The second kappa shape index (κ2) is 9.57. The van der Waals surface area contributed by atoms with Crippen LogP contribution in [0, 0.1) is 0 Å². The third-order valence-corrected chi connectivity index (χ3v) is 5.40. The molecule has 0 fully saturated rings. The number of rotatable bonds is 4. The Hall–Kier alpha value is 2.47. The van der Waals surface area contributed by atoms with Crippen molar-refractivity contribution in [2.45, 2.75) is 11.6 Å². The van der Waals surface area contributed by atoms with Gasteiger partial charge in [-0.05, 0) is 7.60 Å². The summed E-state index contributed by atoms with van der Waals surface area (Å²) in [6.07, 6.45) is 3.28. The minimum absolute atomic E-state index is 0. The van der Waals surface area contributed by atoms with Crippen LogP contribution in [-0.4, -0.2) is 24.6 Å². The van der Waals surface area contributed by atoms with E-state index < -0.39 is 26.8 Å². The first kappa shape index (κ1) is 26.4. The first-order valence-corrected chi connectivity index (χ1v) is 6.94. The van der Waals surface area contributed by atoms with E-state index in [4.69, 9.17) is 4.89 Å². The quantitative estimate of drug-likeness (QED) is 0.404. The van der Waals surface area contributed by atoms with Crippen LogP contribution in [0.4, 0.5) is 0 Å². The van der Waals surface area contributed by atoms with Gasteiger partial charge in [-0.2, -0.15) is 0 Å². The van der Waals surface area contributed by atoms with Crippen LogP contribution < -0.4 is 103 Å². The van der Waals surface area contributed by atoms with E-state index in [0.717, 1.165) is 17.1 Å². The summed E-state index contributed by atoms with van der Waals surface area (Å²) in [6, 6.07) is 0. The maximum Gasteiger partial charge on any atom is 1.00 e. The van der Waals surface area contributed by atoms with E-state index in [1.165, 1.54) is 6.20 Å². The standard InChI is InChI=1S/C5H10N2O7P2.3Na/c8-5(15(9,10)11,16(12,13)14)3-7-2-1-6-4-7;;;/h1-2,4,8H,3H2,(H2,9,10,11)(H2,12,13,14);;;/q;3*+1/p-3. The normalized spacial score (nSPS) is 16.9. The molecule has 0 bridgehead atoms. The van der Waals surface area contributed by atoms with Crippen molar-refractivity contribution in [2.24, 2.45) is 0 Å². The minimum atomic E-state index is -5.97. The van der Waals surface area contributed by atoms with Gasteiger partial charge in [-0.1, -0.05) is 0 Å². The molecule has 0 radical (unpaired) electrons. The smallest absolute Gasteiger partial charge is 0.808 e. The van der Waals surface area contributed by atoms with E-state index in [0.29, 0.717) is 0 Å². The molecule has 0 aliphatic heterocycles. The van der Waals surface area contributed by atoms with Gasteiger partial charge in [0.25, 0.3) is 0 Å². The SMILES string of the molecule is O=P([O-])([O-])C(O)(Cn1ccnc1)P(=O)([O-])O.[Na+].[Na+].[Na+]. The Morgan fingerprint density at radius 3 is 1.95 bits per heavy atom. The largest absolute Gasteiger partial charge is 1.00 e. The summed E-state index contributed by atoms with van der Waals surface area (Å²) in [5.41, 5.74) is 0. The summed E-state index contributed by atoms with van der Waals surface area (Å²) in [5, 5.41) is 5.52. The molecular formula is C5H7N2Na3O7P2. The van der Waals surface area contributed by atoms with Crippen molar-refractivity contribution >= 4 is 15.2 Å². The summed E-state index contributed by atoms with van der Waals surface area (Å²) in [5.74, 6) is 0. The molecule has 9 nitrogen and oxygen atoms in total. The van der Waals surface area contributed by atoms with Gasteiger partial charge in [-0.25, -0.2) is 4.98 Å². The zero-order valence-electron chi connectivity index (χ0n) is 10.7. The molecule has 2 atom stereocenters. The van der Waals surface area contributed by atoms with E-state index in [9.17, 15) is 28.9 Å². The monoisotopic (exact) mass is 338 g/mol. The van der Waals surface area contributed by atoms with Crippen LogP contribution in [-0.2, 0) is 15.7 Å². The molecule has 0 aliphatic carbocycles. The summed E-state index contributed by atoms with van der Waals surface area (Å²) in [7, 11) is -11.8. The Labute approximate surface area is 175 Å². The Morgan fingerprint density at radius 1 is 1.21 bits per heavy atom. The van der Waals surface area contributed by atoms with Crippen LogP contribution in [0.1, 0.15) is 0 Å². The van der Waals surface area contributed by atoms with Gasteiger partial charge in [0.2, 0.25) is 0 Å². The average Bonchev–Trinajstić information content (AvgIpc) is 2.52. The van der Waals surface area contributed by atoms with Crippen molar-refractivity contribution in [2.75, 3.05) is 0 Å².